The van der Waals surface area contributed by atoms with Crippen molar-refractivity contribution in [3.8, 4) is 5.75 Å². The monoisotopic (exact) mass is 489 g/mol. The van der Waals surface area contributed by atoms with Crippen molar-refractivity contribution in [2.24, 2.45) is 5.73 Å². The molecule has 2 N–H and O–H groups in total. The minimum atomic E-state index is -4.41. The van der Waals surface area contributed by atoms with Gasteiger partial charge in [0.2, 0.25) is 0 Å². The lowest BCUT2D eigenvalue weighted by Crippen LogP contribution is -2.49. The summed E-state index contributed by atoms with van der Waals surface area (Å²) in [5.74, 6) is 0.689. The first-order valence-electron chi connectivity index (χ1n) is 12.2. The van der Waals surface area contributed by atoms with Crippen molar-refractivity contribution in [2.45, 2.75) is 70.9 Å². The minimum Gasteiger partial charge on any atom is -0.490 e. The van der Waals surface area contributed by atoms with Crippen molar-refractivity contribution in [3.05, 3.63) is 64.2 Å². The van der Waals surface area contributed by atoms with E-state index in [-0.39, 0.29) is 30.1 Å². The number of nitrogens with two attached hydrogens (primary N) is 1. The normalized spacial score (nSPS) is 21.9. The topological polar surface area (TPSA) is 58.8 Å². The van der Waals surface area contributed by atoms with Gasteiger partial charge in [-0.05, 0) is 94.1 Å². The number of halogens is 3. The van der Waals surface area contributed by atoms with Crippen molar-refractivity contribution in [2.75, 3.05) is 19.6 Å². The summed E-state index contributed by atoms with van der Waals surface area (Å²) in [6, 6.07) is 9.17. The van der Waals surface area contributed by atoms with E-state index in [0.29, 0.717) is 18.7 Å². The predicted octanol–water partition coefficient (Wildman–Crippen LogP) is 5.10. The average molecular weight is 490 g/mol. The van der Waals surface area contributed by atoms with Gasteiger partial charge in [-0.25, -0.2) is 0 Å². The van der Waals surface area contributed by atoms with Crippen LogP contribution in [0.4, 0.5) is 13.2 Å². The molecule has 4 rings (SSSR count). The van der Waals surface area contributed by atoms with Crippen molar-refractivity contribution < 1.29 is 22.7 Å². The van der Waals surface area contributed by atoms with E-state index < -0.39 is 11.7 Å². The average Bonchev–Trinajstić information content (AvgIpc) is 3.42. The van der Waals surface area contributed by atoms with E-state index in [1.807, 2.05) is 17.9 Å². The molecule has 2 aromatic carbocycles. The van der Waals surface area contributed by atoms with E-state index >= 15 is 0 Å². The van der Waals surface area contributed by atoms with Crippen LogP contribution in [-0.2, 0) is 6.18 Å². The lowest BCUT2D eigenvalue weighted by molar-refractivity contribution is -0.137. The molecule has 0 spiro atoms. The Morgan fingerprint density at radius 1 is 1.06 bits per heavy atom. The molecule has 0 radical (unpaired) electrons. The molecule has 0 aliphatic carbocycles. The fourth-order valence-corrected chi connectivity index (χ4v) is 5.47. The molecule has 0 saturated carbocycles. The van der Waals surface area contributed by atoms with Gasteiger partial charge in [0.05, 0.1) is 11.7 Å². The highest BCUT2D eigenvalue weighted by Crippen LogP contribution is 2.40. The maximum absolute atomic E-state index is 13.0. The zero-order valence-electron chi connectivity index (χ0n) is 20.7. The summed E-state index contributed by atoms with van der Waals surface area (Å²) in [6.07, 6.45) is -2.67. The number of nitrogens with zero attached hydrogens (tertiary/aromatic N) is 2. The van der Waals surface area contributed by atoms with Gasteiger partial charge in [-0.1, -0.05) is 6.07 Å². The van der Waals surface area contributed by atoms with Crippen LogP contribution in [0, 0.1) is 13.8 Å². The van der Waals surface area contributed by atoms with E-state index in [0.717, 1.165) is 42.8 Å². The molecule has 2 bridgehead atoms. The fourth-order valence-electron chi connectivity index (χ4n) is 5.47. The van der Waals surface area contributed by atoms with E-state index in [1.165, 1.54) is 23.3 Å². The van der Waals surface area contributed by atoms with Crippen LogP contribution in [0.5, 0.6) is 5.75 Å². The zero-order valence-corrected chi connectivity index (χ0v) is 20.7. The van der Waals surface area contributed by atoms with Crippen LogP contribution < -0.4 is 10.5 Å². The Labute approximate surface area is 205 Å². The standard InChI is InChI=1S/C27H34F3N3O2/c1-16(11-12-31)35-25-10-9-24(17(2)18(25)3)19(4)32-14-23-13-22(32)15-33(23)26(34)20-5-7-21(8-6-20)27(28,29)30/h5-10,16,19,22-23H,11-15,31H2,1-4H3/t16?,19-,22?,23?/m0/s1. The highest BCUT2D eigenvalue weighted by atomic mass is 19.4. The molecule has 8 heteroatoms. The Morgan fingerprint density at radius 3 is 2.31 bits per heavy atom. The van der Waals surface area contributed by atoms with Gasteiger partial charge in [-0.15, -0.1) is 0 Å². The largest absolute Gasteiger partial charge is 0.490 e. The first kappa shape index (κ1) is 25.5. The van der Waals surface area contributed by atoms with Gasteiger partial charge in [0.15, 0.2) is 0 Å². The van der Waals surface area contributed by atoms with Crippen molar-refractivity contribution in [1.82, 2.24) is 9.80 Å². The highest BCUT2D eigenvalue weighted by Gasteiger charge is 2.47. The van der Waals surface area contributed by atoms with Gasteiger partial charge >= 0.3 is 6.18 Å². The van der Waals surface area contributed by atoms with E-state index in [9.17, 15) is 18.0 Å². The van der Waals surface area contributed by atoms with Gasteiger partial charge in [-0.3, -0.25) is 9.69 Å². The quantitative estimate of drug-likeness (QED) is 0.588. The summed E-state index contributed by atoms with van der Waals surface area (Å²) >= 11 is 0. The first-order chi connectivity index (χ1) is 16.5. The van der Waals surface area contributed by atoms with Crippen molar-refractivity contribution >= 4 is 5.91 Å². The third-order valence-corrected chi connectivity index (χ3v) is 7.63. The molecular weight excluding hydrogens is 455 g/mol. The van der Waals surface area contributed by atoms with Crippen LogP contribution in [-0.4, -0.2) is 53.5 Å². The molecule has 2 aromatic rings. The van der Waals surface area contributed by atoms with E-state index in [2.05, 4.69) is 31.7 Å². The maximum atomic E-state index is 13.0. The third kappa shape index (κ3) is 5.05. The zero-order chi connectivity index (χ0) is 25.5. The maximum Gasteiger partial charge on any atom is 0.416 e. The molecule has 2 saturated heterocycles. The number of benzene rings is 2. The number of likely N-dealkylation sites (tertiary alicyclic amines) is 2. The Kier molecular flexibility index (Phi) is 7.16. The lowest BCUT2D eigenvalue weighted by Gasteiger charge is -2.38. The summed E-state index contributed by atoms with van der Waals surface area (Å²) in [7, 11) is 0. The number of amides is 1. The number of piperazine rings is 1. The molecule has 2 fully saturated rings. The molecule has 5 nitrogen and oxygen atoms in total. The number of hydrogen-bond acceptors (Lipinski definition) is 4. The molecule has 35 heavy (non-hydrogen) atoms. The summed E-state index contributed by atoms with van der Waals surface area (Å²) < 4.78 is 44.6. The minimum absolute atomic E-state index is 0.0591. The summed E-state index contributed by atoms with van der Waals surface area (Å²) in [5.41, 5.74) is 8.78. The van der Waals surface area contributed by atoms with Crippen LogP contribution in [0.2, 0.25) is 0 Å². The van der Waals surface area contributed by atoms with E-state index in [4.69, 9.17) is 10.5 Å². The smallest absolute Gasteiger partial charge is 0.416 e. The Balaban J connectivity index is 1.43. The molecule has 2 heterocycles. The number of alkyl halides is 3. The van der Waals surface area contributed by atoms with Crippen LogP contribution in [0.1, 0.15) is 65.3 Å². The van der Waals surface area contributed by atoms with E-state index in [1.54, 1.807) is 0 Å². The Morgan fingerprint density at radius 2 is 1.74 bits per heavy atom. The molecule has 3 unspecified atom stereocenters. The Hall–Kier alpha value is -2.58. The second-order valence-electron chi connectivity index (χ2n) is 9.86. The molecule has 4 atom stereocenters. The molecular formula is C27H34F3N3O2. The van der Waals surface area contributed by atoms with Crippen LogP contribution in [0.15, 0.2) is 36.4 Å². The number of carbonyl (C=O) groups is 1. The van der Waals surface area contributed by atoms with Gasteiger partial charge in [-0.2, -0.15) is 13.2 Å². The van der Waals surface area contributed by atoms with Gasteiger partial charge in [0, 0.05) is 36.8 Å². The molecule has 2 aliphatic rings. The summed E-state index contributed by atoms with van der Waals surface area (Å²) in [5, 5.41) is 0. The van der Waals surface area contributed by atoms with Crippen LogP contribution in [0.25, 0.3) is 0 Å². The number of hydrogen-bond donors (Lipinski definition) is 1. The summed E-state index contributed by atoms with van der Waals surface area (Å²) in [6.45, 7) is 10.4. The van der Waals surface area contributed by atoms with Crippen molar-refractivity contribution in [3.63, 3.8) is 0 Å². The van der Waals surface area contributed by atoms with Gasteiger partial charge < -0.3 is 15.4 Å². The molecule has 1 amide bonds. The Bertz CT molecular complexity index is 1070. The van der Waals surface area contributed by atoms with Crippen LogP contribution >= 0.6 is 0 Å². The lowest BCUT2D eigenvalue weighted by atomic mass is 9.96. The fraction of sp³-hybridized carbons (Fsp3) is 0.519. The number of ether oxygens (including phenoxy) is 1. The second-order valence-corrected chi connectivity index (χ2v) is 9.86. The number of fused-ring (bicyclic) bond motifs is 2. The molecule has 190 valence electrons. The van der Waals surface area contributed by atoms with Crippen molar-refractivity contribution in [1.29, 1.82) is 0 Å². The number of rotatable bonds is 7. The predicted molar refractivity (Wildman–Crippen MR) is 129 cm³/mol. The highest BCUT2D eigenvalue weighted by molar-refractivity contribution is 5.94. The second kappa shape index (κ2) is 9.82. The number of carbonyl (C=O) groups excluding carboxylic acids is 1. The first-order valence-corrected chi connectivity index (χ1v) is 12.2. The molecule has 0 aromatic heterocycles. The van der Waals surface area contributed by atoms with Crippen LogP contribution in [0.3, 0.4) is 0 Å². The summed E-state index contributed by atoms with van der Waals surface area (Å²) in [4.78, 5) is 17.3. The SMILES string of the molecule is Cc1c(OC(C)CCN)ccc([C@H](C)N2CC3CC2CN3C(=O)c2ccc(C(F)(F)F)cc2)c1C. The third-order valence-electron chi connectivity index (χ3n) is 7.63. The van der Waals surface area contributed by atoms with Gasteiger partial charge in [0.25, 0.3) is 5.91 Å². The molecule has 2 aliphatic heterocycles. The van der Waals surface area contributed by atoms with Gasteiger partial charge in [0.1, 0.15) is 5.75 Å².